The molecule has 0 fully saturated rings. The highest BCUT2D eigenvalue weighted by atomic mass is 16.8. The van der Waals surface area contributed by atoms with E-state index in [4.69, 9.17) is 4.74 Å². The molecule has 0 aliphatic carbocycles. The molecule has 1 rings (SSSR count). The van der Waals surface area contributed by atoms with Crippen molar-refractivity contribution in [3.63, 3.8) is 0 Å². The van der Waals surface area contributed by atoms with E-state index in [9.17, 15) is 15.2 Å². The van der Waals surface area contributed by atoms with Crippen molar-refractivity contribution in [2.45, 2.75) is 46.7 Å². The van der Waals surface area contributed by atoms with Gasteiger partial charge in [0.05, 0.1) is 24.0 Å². The van der Waals surface area contributed by atoms with Crippen molar-refractivity contribution < 1.29 is 14.7 Å². The number of nitrogens with one attached hydrogen (secondary N) is 1. The van der Waals surface area contributed by atoms with E-state index in [-0.39, 0.29) is 29.6 Å². The van der Waals surface area contributed by atoms with Crippen molar-refractivity contribution in [2.75, 3.05) is 6.61 Å². The van der Waals surface area contributed by atoms with Gasteiger partial charge < -0.3 is 20.2 Å². The quantitative estimate of drug-likeness (QED) is 0.449. The average molecular weight is 284 g/mol. The van der Waals surface area contributed by atoms with Crippen LogP contribution >= 0.6 is 0 Å². The van der Waals surface area contributed by atoms with Gasteiger partial charge in [-0.05, 0) is 40.7 Å². The van der Waals surface area contributed by atoms with Gasteiger partial charge in [-0.25, -0.2) is 10.2 Å². The Kier molecular flexibility index (Phi) is 5.55. The fourth-order valence-corrected chi connectivity index (χ4v) is 2.03. The minimum atomic E-state index is -0.446. The molecule has 0 spiro atoms. The summed E-state index contributed by atoms with van der Waals surface area (Å²) in [6.45, 7) is 9.24. The lowest BCUT2D eigenvalue weighted by Gasteiger charge is -2.26. The van der Waals surface area contributed by atoms with Crippen molar-refractivity contribution in [1.82, 2.24) is 15.7 Å². The molecule has 1 aliphatic heterocycles. The largest absolute Gasteiger partial charge is 0.734 e. The predicted octanol–water partition coefficient (Wildman–Crippen LogP) is 1.51. The van der Waals surface area contributed by atoms with Gasteiger partial charge in [0, 0.05) is 11.6 Å². The molecule has 1 heterocycles. The van der Waals surface area contributed by atoms with E-state index >= 15 is 0 Å². The van der Waals surface area contributed by atoms with Crippen LogP contribution in [0.15, 0.2) is 23.0 Å². The summed E-state index contributed by atoms with van der Waals surface area (Å²) >= 11 is 0. The summed E-state index contributed by atoms with van der Waals surface area (Å²) in [5.74, 6) is -0.446. The molecule has 1 aliphatic rings. The van der Waals surface area contributed by atoms with Gasteiger partial charge in [0.15, 0.2) is 0 Å². The normalized spacial score (nSPS) is 19.9. The lowest BCUT2D eigenvalue weighted by molar-refractivity contribution is -0.138. The third-order valence-electron chi connectivity index (χ3n) is 2.94. The second kappa shape index (κ2) is 6.74. The topological polar surface area (TPSA) is 88.1 Å². The van der Waals surface area contributed by atoms with Crippen LogP contribution in [0.5, 0.6) is 0 Å². The van der Waals surface area contributed by atoms with Gasteiger partial charge in [-0.1, -0.05) is 0 Å². The first-order chi connectivity index (χ1) is 9.29. The summed E-state index contributed by atoms with van der Waals surface area (Å²) in [6, 6.07) is -0.294. The van der Waals surface area contributed by atoms with Crippen LogP contribution in [0, 0.1) is 5.21 Å². The molecule has 1 atom stereocenters. The molecule has 0 aromatic carbocycles. The predicted molar refractivity (Wildman–Crippen MR) is 74.0 cm³/mol. The zero-order valence-electron chi connectivity index (χ0n) is 12.5. The molecule has 20 heavy (non-hydrogen) atoms. The number of hydrazine groups is 1. The molecule has 114 valence electrons. The van der Waals surface area contributed by atoms with Gasteiger partial charge in [0.25, 0.3) is 0 Å². The smallest absolute Gasteiger partial charge is 0.333 e. The number of hydroxylamine groups is 2. The zero-order valence-corrected chi connectivity index (χ0v) is 12.5. The van der Waals surface area contributed by atoms with Gasteiger partial charge in [0.1, 0.15) is 0 Å². The fourth-order valence-electron chi connectivity index (χ4n) is 2.03. The van der Waals surface area contributed by atoms with Crippen LogP contribution in [-0.2, 0) is 9.53 Å². The molecule has 0 bridgehead atoms. The van der Waals surface area contributed by atoms with Crippen molar-refractivity contribution in [3.05, 3.63) is 28.3 Å². The van der Waals surface area contributed by atoms with Gasteiger partial charge >= 0.3 is 5.97 Å². The molecule has 0 saturated carbocycles. The second-order valence-electron chi connectivity index (χ2n) is 4.91. The first-order valence-electron chi connectivity index (χ1n) is 6.60. The van der Waals surface area contributed by atoms with E-state index in [1.165, 1.54) is 0 Å². The molecule has 0 aromatic heterocycles. The minimum absolute atomic E-state index is 0.0520. The number of nitrogens with zero attached hydrogens (tertiary/aromatic N) is 2. The summed E-state index contributed by atoms with van der Waals surface area (Å²) in [4.78, 5) is 11.7. The van der Waals surface area contributed by atoms with Crippen LogP contribution in [0.25, 0.3) is 0 Å². The Labute approximate surface area is 119 Å². The number of rotatable bonds is 5. The first kappa shape index (κ1) is 16.5. The van der Waals surface area contributed by atoms with E-state index in [0.29, 0.717) is 11.3 Å². The maximum Gasteiger partial charge on any atom is 0.333 e. The van der Waals surface area contributed by atoms with Gasteiger partial charge in [0.2, 0.25) is 0 Å². The van der Waals surface area contributed by atoms with Gasteiger partial charge in [-0.15, -0.1) is 0 Å². The number of hydrogen-bond donors (Lipinski definition) is 2. The average Bonchev–Trinajstić information content (AvgIpc) is 2.66. The Hall–Kier alpha value is -1.57. The van der Waals surface area contributed by atoms with Crippen molar-refractivity contribution in [2.24, 2.45) is 0 Å². The lowest BCUT2D eigenvalue weighted by atomic mass is 10.1. The Bertz CT molecular complexity index is 429. The van der Waals surface area contributed by atoms with Crippen LogP contribution in [0.1, 0.15) is 34.6 Å². The second-order valence-corrected chi connectivity index (χ2v) is 4.91. The summed E-state index contributed by atoms with van der Waals surface area (Å²) in [5, 5.41) is 22.1. The lowest BCUT2D eigenvalue weighted by Crippen LogP contribution is -2.40. The minimum Gasteiger partial charge on any atom is -0.734 e. The van der Waals surface area contributed by atoms with Gasteiger partial charge in [-0.3, -0.25) is 5.21 Å². The summed E-state index contributed by atoms with van der Waals surface area (Å²) in [6.07, 6.45) is 1.55. The summed E-state index contributed by atoms with van der Waals surface area (Å²) < 4.78 is 4.91. The van der Waals surface area contributed by atoms with E-state index in [2.05, 4.69) is 5.43 Å². The molecule has 0 aromatic rings. The highest BCUT2D eigenvalue weighted by Gasteiger charge is 2.30. The molecule has 0 radical (unpaired) electrons. The summed E-state index contributed by atoms with van der Waals surface area (Å²) in [5.41, 5.74) is 4.07. The molecule has 7 heteroatoms. The van der Waals surface area contributed by atoms with E-state index in [1.807, 2.05) is 13.8 Å². The van der Waals surface area contributed by atoms with E-state index in [1.54, 1.807) is 31.9 Å². The van der Waals surface area contributed by atoms with Crippen LogP contribution in [0.2, 0.25) is 0 Å². The molecule has 7 nitrogen and oxygen atoms in total. The van der Waals surface area contributed by atoms with Crippen LogP contribution < -0.4 is 5.43 Å². The maximum atomic E-state index is 11.7. The molecule has 0 amide bonds. The van der Waals surface area contributed by atoms with Gasteiger partial charge in [-0.2, -0.15) is 0 Å². The number of ether oxygens (including phenoxy) is 1. The van der Waals surface area contributed by atoms with E-state index in [0.717, 1.165) is 0 Å². The Morgan fingerprint density at radius 1 is 1.65 bits per heavy atom. The number of carbonyl (C=O) groups is 1. The maximum absolute atomic E-state index is 11.7. The number of hydrogen-bond acceptors (Lipinski definition) is 7. The number of carbonyl (C=O) groups excluding carboxylic acids is 1. The molecule has 2 N–H and O–H groups in total. The highest BCUT2D eigenvalue weighted by molar-refractivity contribution is 5.88. The monoisotopic (exact) mass is 284 g/mol. The van der Waals surface area contributed by atoms with Crippen LogP contribution in [0.3, 0.4) is 0 Å². The Morgan fingerprint density at radius 2 is 2.25 bits per heavy atom. The van der Waals surface area contributed by atoms with Crippen LogP contribution in [0.4, 0.5) is 0 Å². The fraction of sp³-hybridized carbons (Fsp3) is 0.615. The standard InChI is InChI=1S/C13H22N3O4/c1-6-20-13(17)9(4)7-11-12(16(18)19)10(5)14-15(11)8(2)3/h7-8,10,14,18H,6H2,1-5H3/q-1/b9-7+. The first-order valence-corrected chi connectivity index (χ1v) is 6.60. The number of esters is 1. The van der Waals surface area contributed by atoms with Crippen molar-refractivity contribution in [1.29, 1.82) is 0 Å². The van der Waals surface area contributed by atoms with E-state index < -0.39 is 5.97 Å². The summed E-state index contributed by atoms with van der Waals surface area (Å²) in [7, 11) is 0. The molecular formula is C13H22N3O4-. The third-order valence-corrected chi connectivity index (χ3v) is 2.94. The number of allylic oxidation sites excluding steroid dienone is 1. The van der Waals surface area contributed by atoms with Crippen LogP contribution in [-0.4, -0.2) is 40.1 Å². The molecule has 1 unspecified atom stereocenters. The Balaban J connectivity index is 3.18. The SMILES string of the molecule is CCOC(=O)/C(C)=C/C1=C(N([O-])O)C(C)NN1C(C)C. The molecular weight excluding hydrogens is 262 g/mol. The Morgan fingerprint density at radius 3 is 2.70 bits per heavy atom. The highest BCUT2D eigenvalue weighted by Crippen LogP contribution is 2.26. The van der Waals surface area contributed by atoms with Crippen molar-refractivity contribution >= 4 is 5.97 Å². The molecule has 0 saturated heterocycles. The zero-order chi connectivity index (χ0) is 15.4. The third kappa shape index (κ3) is 3.50. The van der Waals surface area contributed by atoms with Crippen molar-refractivity contribution in [3.8, 4) is 0 Å².